The van der Waals surface area contributed by atoms with Crippen molar-refractivity contribution in [1.29, 1.82) is 0 Å². The Labute approximate surface area is 161 Å². The van der Waals surface area contributed by atoms with Crippen molar-refractivity contribution in [2.45, 2.75) is 20.0 Å². The van der Waals surface area contributed by atoms with E-state index in [2.05, 4.69) is 5.32 Å². The number of benzene rings is 1. The molecule has 2 rings (SSSR count). The summed E-state index contributed by atoms with van der Waals surface area (Å²) < 4.78 is 11.0. The Morgan fingerprint density at radius 1 is 1.31 bits per heavy atom. The van der Waals surface area contributed by atoms with Crippen molar-refractivity contribution < 1.29 is 23.9 Å². The van der Waals surface area contributed by atoms with E-state index in [-0.39, 0.29) is 18.6 Å². The van der Waals surface area contributed by atoms with E-state index in [4.69, 9.17) is 21.7 Å². The number of esters is 1. The highest BCUT2D eigenvalue weighted by Gasteiger charge is 2.25. The predicted molar refractivity (Wildman–Crippen MR) is 102 cm³/mol. The Hall–Kier alpha value is -2.13. The molecule has 7 nitrogen and oxygen atoms in total. The molecule has 9 heteroatoms. The van der Waals surface area contributed by atoms with Crippen molar-refractivity contribution in [3.63, 3.8) is 0 Å². The topological polar surface area (TPSA) is 84.9 Å². The summed E-state index contributed by atoms with van der Waals surface area (Å²) in [6, 6.07) is 6.50. The molecule has 1 aliphatic rings. The molecule has 0 atom stereocenters. The quantitative estimate of drug-likeness (QED) is 0.528. The van der Waals surface area contributed by atoms with Gasteiger partial charge in [-0.1, -0.05) is 24.0 Å². The number of nitrogens with one attached hydrogen (secondary N) is 1. The maximum atomic E-state index is 11.9. The van der Waals surface area contributed by atoms with Gasteiger partial charge in [0, 0.05) is 13.1 Å². The fourth-order valence-electron chi connectivity index (χ4n) is 2.11. The fraction of sp³-hybridized carbons (Fsp3) is 0.412. The molecule has 0 bridgehead atoms. The molecule has 1 fully saturated rings. The summed E-state index contributed by atoms with van der Waals surface area (Å²) in [5, 5.41) is 2.59. The second-order valence-electron chi connectivity index (χ2n) is 5.72. The van der Waals surface area contributed by atoms with E-state index in [0.29, 0.717) is 27.9 Å². The van der Waals surface area contributed by atoms with Crippen molar-refractivity contribution in [2.75, 3.05) is 25.4 Å². The van der Waals surface area contributed by atoms with Crippen LogP contribution in [0.2, 0.25) is 0 Å². The summed E-state index contributed by atoms with van der Waals surface area (Å²) in [5.74, 6) is -0.106. The van der Waals surface area contributed by atoms with Crippen LogP contribution in [-0.2, 0) is 14.3 Å². The van der Waals surface area contributed by atoms with Gasteiger partial charge in [-0.15, -0.1) is 0 Å². The molecule has 1 heterocycles. The fourth-order valence-corrected chi connectivity index (χ4v) is 3.23. The highest BCUT2D eigenvalue weighted by atomic mass is 32.2. The molecule has 26 heavy (non-hydrogen) atoms. The van der Waals surface area contributed by atoms with Crippen molar-refractivity contribution >= 4 is 46.1 Å². The highest BCUT2D eigenvalue weighted by Crippen LogP contribution is 2.18. The average Bonchev–Trinajstić information content (AvgIpc) is 2.91. The number of carbonyl (C=O) groups is 3. The van der Waals surface area contributed by atoms with Gasteiger partial charge in [-0.25, -0.2) is 4.79 Å². The van der Waals surface area contributed by atoms with Crippen LogP contribution < -0.4 is 10.1 Å². The molecule has 140 valence electrons. The molecule has 0 aromatic heterocycles. The lowest BCUT2D eigenvalue weighted by Crippen LogP contribution is -2.38. The first kappa shape index (κ1) is 20.2. The minimum Gasteiger partial charge on any atom is -0.491 e. The Balaban J connectivity index is 1.70. The van der Waals surface area contributed by atoms with Crippen molar-refractivity contribution in [1.82, 2.24) is 10.2 Å². The van der Waals surface area contributed by atoms with E-state index in [1.807, 2.05) is 13.8 Å². The Morgan fingerprint density at radius 3 is 2.58 bits per heavy atom. The molecule has 2 amide bonds. The molecule has 1 N–H and O–H groups in total. The summed E-state index contributed by atoms with van der Waals surface area (Å²) >= 11 is 6.35. The molecular formula is C17H20N2O5S2. The summed E-state index contributed by atoms with van der Waals surface area (Å²) in [7, 11) is 0. The van der Waals surface area contributed by atoms with Crippen molar-refractivity contribution in [3.05, 3.63) is 29.8 Å². The minimum absolute atomic E-state index is 0.0419. The van der Waals surface area contributed by atoms with E-state index in [9.17, 15) is 14.4 Å². The van der Waals surface area contributed by atoms with Gasteiger partial charge in [-0.2, -0.15) is 0 Å². The molecule has 1 aromatic rings. The predicted octanol–water partition coefficient (Wildman–Crippen LogP) is 1.61. The van der Waals surface area contributed by atoms with E-state index < -0.39 is 18.5 Å². The van der Waals surface area contributed by atoms with E-state index in [0.717, 1.165) is 0 Å². The number of thioether (sulfide) groups is 1. The number of hydrogen-bond donors (Lipinski definition) is 1. The van der Waals surface area contributed by atoms with Crippen LogP contribution in [0.15, 0.2) is 24.3 Å². The van der Waals surface area contributed by atoms with Crippen LogP contribution >= 0.6 is 24.0 Å². The number of amides is 2. The van der Waals surface area contributed by atoms with Gasteiger partial charge in [-0.05, 0) is 38.1 Å². The van der Waals surface area contributed by atoms with Crippen LogP contribution in [0, 0.1) is 0 Å². The van der Waals surface area contributed by atoms with E-state index in [1.165, 1.54) is 16.7 Å². The van der Waals surface area contributed by atoms with Crippen LogP contribution in [0.3, 0.4) is 0 Å². The molecule has 1 aliphatic heterocycles. The molecule has 0 spiro atoms. The van der Waals surface area contributed by atoms with Crippen LogP contribution in [0.1, 0.15) is 24.2 Å². The molecule has 0 radical (unpaired) electrons. The number of nitrogens with zero attached hydrogens (tertiary/aromatic N) is 1. The van der Waals surface area contributed by atoms with Gasteiger partial charge in [0.25, 0.3) is 5.91 Å². The van der Waals surface area contributed by atoms with Crippen LogP contribution in [0.4, 0.5) is 0 Å². The van der Waals surface area contributed by atoms with Gasteiger partial charge in [0.05, 0.1) is 17.4 Å². The second-order valence-corrected chi connectivity index (χ2v) is 7.33. The van der Waals surface area contributed by atoms with Gasteiger partial charge in [0.15, 0.2) is 6.61 Å². The first-order chi connectivity index (χ1) is 12.4. The highest BCUT2D eigenvalue weighted by molar-refractivity contribution is 8.23. The lowest BCUT2D eigenvalue weighted by atomic mass is 10.2. The number of hydrogen-bond acceptors (Lipinski definition) is 7. The smallest absolute Gasteiger partial charge is 0.338 e. The first-order valence-electron chi connectivity index (χ1n) is 8.04. The molecular weight excluding hydrogens is 376 g/mol. The van der Waals surface area contributed by atoms with E-state index >= 15 is 0 Å². The Morgan fingerprint density at radius 2 is 2.00 bits per heavy atom. The van der Waals surface area contributed by atoms with Crippen LogP contribution in [-0.4, -0.2) is 58.6 Å². The lowest BCUT2D eigenvalue weighted by Gasteiger charge is -2.15. The average molecular weight is 396 g/mol. The zero-order chi connectivity index (χ0) is 19.1. The molecule has 1 aromatic carbocycles. The summed E-state index contributed by atoms with van der Waals surface area (Å²) in [6.07, 6.45) is 0.0419. The number of rotatable bonds is 8. The first-order valence-corrected chi connectivity index (χ1v) is 9.44. The van der Waals surface area contributed by atoms with Crippen LogP contribution in [0.25, 0.3) is 0 Å². The summed E-state index contributed by atoms with van der Waals surface area (Å²) in [6.45, 7) is 3.97. The zero-order valence-electron chi connectivity index (χ0n) is 14.5. The van der Waals surface area contributed by atoms with Gasteiger partial charge in [0.1, 0.15) is 10.1 Å². The SMILES string of the molecule is CC(C)Oc1ccc(C(=O)OCC(=O)NCCN2C(=O)CSC2=S)cc1. The number of carbonyl (C=O) groups excluding carboxylic acids is 3. The third kappa shape index (κ3) is 5.99. The van der Waals surface area contributed by atoms with Gasteiger partial charge in [0.2, 0.25) is 5.91 Å². The molecule has 0 aliphatic carbocycles. The van der Waals surface area contributed by atoms with Gasteiger partial charge in [-0.3, -0.25) is 14.5 Å². The lowest BCUT2D eigenvalue weighted by molar-refractivity contribution is -0.126. The number of thiocarbonyl (C=S) groups is 1. The standard InChI is InChI=1S/C17H20N2O5S2/c1-11(2)24-13-5-3-12(4-6-13)16(22)23-9-14(20)18-7-8-19-15(21)10-26-17(19)25/h3-6,11H,7-10H2,1-2H3,(H,18,20). The van der Waals surface area contributed by atoms with E-state index in [1.54, 1.807) is 24.3 Å². The largest absolute Gasteiger partial charge is 0.491 e. The summed E-state index contributed by atoms with van der Waals surface area (Å²) in [4.78, 5) is 36.7. The zero-order valence-corrected chi connectivity index (χ0v) is 16.2. The van der Waals surface area contributed by atoms with Gasteiger partial charge < -0.3 is 14.8 Å². The van der Waals surface area contributed by atoms with Crippen LogP contribution in [0.5, 0.6) is 5.75 Å². The molecule has 0 unspecified atom stereocenters. The Bertz CT molecular complexity index is 675. The second kappa shape index (κ2) is 9.54. The third-order valence-corrected chi connectivity index (χ3v) is 4.73. The maximum absolute atomic E-state index is 11.9. The normalized spacial score (nSPS) is 13.9. The maximum Gasteiger partial charge on any atom is 0.338 e. The Kier molecular flexibility index (Phi) is 7.40. The number of ether oxygens (including phenoxy) is 2. The monoisotopic (exact) mass is 396 g/mol. The van der Waals surface area contributed by atoms with Crippen molar-refractivity contribution in [2.24, 2.45) is 0 Å². The third-order valence-electron chi connectivity index (χ3n) is 3.29. The van der Waals surface area contributed by atoms with Gasteiger partial charge >= 0.3 is 5.97 Å². The molecule has 1 saturated heterocycles. The molecule has 0 saturated carbocycles. The van der Waals surface area contributed by atoms with Crippen molar-refractivity contribution in [3.8, 4) is 5.75 Å². The minimum atomic E-state index is -0.594. The summed E-state index contributed by atoms with van der Waals surface area (Å²) in [5.41, 5.74) is 0.332.